The molecule has 0 aliphatic heterocycles. The highest BCUT2D eigenvalue weighted by molar-refractivity contribution is 6.17. The second kappa shape index (κ2) is 3.98. The van der Waals surface area contributed by atoms with Gasteiger partial charge >= 0.3 is 0 Å². The Morgan fingerprint density at radius 2 is 2.29 bits per heavy atom. The molecule has 0 saturated heterocycles. The fourth-order valence-electron chi connectivity index (χ4n) is 2.69. The highest BCUT2D eigenvalue weighted by atomic mass is 35.5. The fraction of sp³-hybridized carbons (Fsp3) is 0.538. The van der Waals surface area contributed by atoms with Crippen LogP contribution in [-0.4, -0.2) is 20.4 Å². The molecule has 4 heteroatoms. The third-order valence-electron chi connectivity index (χ3n) is 3.77. The Labute approximate surface area is 106 Å². The van der Waals surface area contributed by atoms with E-state index in [1.165, 1.54) is 19.3 Å². The molecule has 0 radical (unpaired) electrons. The van der Waals surface area contributed by atoms with Crippen molar-refractivity contribution >= 4 is 22.8 Å². The van der Waals surface area contributed by atoms with Crippen molar-refractivity contribution in [1.82, 2.24) is 14.5 Å². The van der Waals surface area contributed by atoms with Gasteiger partial charge in [-0.05, 0) is 38.3 Å². The molecule has 17 heavy (non-hydrogen) atoms. The predicted molar refractivity (Wildman–Crippen MR) is 69.5 cm³/mol. The molecule has 2 aromatic rings. The van der Waals surface area contributed by atoms with Crippen LogP contribution < -0.4 is 0 Å². The number of halogens is 1. The number of hydrogen-bond donors (Lipinski definition) is 0. The Bertz CT molecular complexity index is 543. The van der Waals surface area contributed by atoms with Crippen LogP contribution in [0.3, 0.4) is 0 Å². The molecule has 3 nitrogen and oxygen atoms in total. The van der Waals surface area contributed by atoms with E-state index < -0.39 is 0 Å². The Hall–Kier alpha value is -1.09. The molecule has 0 amide bonds. The summed E-state index contributed by atoms with van der Waals surface area (Å²) in [6.45, 7) is 2.30. The molecule has 0 atom stereocenters. The maximum atomic E-state index is 5.87. The number of fused-ring (bicyclic) bond motifs is 1. The maximum Gasteiger partial charge on any atom is 0.160 e. The lowest BCUT2D eigenvalue weighted by Crippen LogP contribution is -2.38. The smallest absolute Gasteiger partial charge is 0.160 e. The van der Waals surface area contributed by atoms with Crippen LogP contribution in [0.5, 0.6) is 0 Å². The summed E-state index contributed by atoms with van der Waals surface area (Å²) < 4.78 is 2.31. The van der Waals surface area contributed by atoms with Crippen molar-refractivity contribution in [2.75, 3.05) is 5.88 Å². The van der Waals surface area contributed by atoms with E-state index in [1.807, 2.05) is 18.3 Å². The number of alkyl halides is 1. The van der Waals surface area contributed by atoms with Gasteiger partial charge in [0, 0.05) is 24.0 Å². The molecule has 0 spiro atoms. The van der Waals surface area contributed by atoms with Gasteiger partial charge in [0.1, 0.15) is 11.3 Å². The summed E-state index contributed by atoms with van der Waals surface area (Å²) in [4.78, 5) is 9.16. The molecule has 90 valence electrons. The minimum atomic E-state index is 0.199. The van der Waals surface area contributed by atoms with Gasteiger partial charge in [0.15, 0.2) is 5.65 Å². The molecule has 3 rings (SSSR count). The van der Waals surface area contributed by atoms with E-state index in [0.717, 1.165) is 23.4 Å². The first kappa shape index (κ1) is 11.0. The van der Waals surface area contributed by atoms with Crippen molar-refractivity contribution < 1.29 is 0 Å². The molecule has 1 aliphatic carbocycles. The fourth-order valence-corrected chi connectivity index (χ4v) is 2.86. The third-order valence-corrected chi connectivity index (χ3v) is 3.96. The molecule has 0 bridgehead atoms. The van der Waals surface area contributed by atoms with Crippen LogP contribution in [0.15, 0.2) is 18.3 Å². The molecule has 0 aromatic carbocycles. The predicted octanol–water partition coefficient (Wildman–Crippen LogP) is 3.11. The summed E-state index contributed by atoms with van der Waals surface area (Å²) in [5.74, 6) is 1.69. The second-order valence-electron chi connectivity index (χ2n) is 5.00. The van der Waals surface area contributed by atoms with Gasteiger partial charge in [-0.1, -0.05) is 0 Å². The molecule has 1 fully saturated rings. The molecule has 0 unspecified atom stereocenters. The first-order valence-electron chi connectivity index (χ1n) is 6.13. The van der Waals surface area contributed by atoms with Crippen LogP contribution in [-0.2, 0) is 12.0 Å². The summed E-state index contributed by atoms with van der Waals surface area (Å²) in [6.07, 6.45) is 6.37. The van der Waals surface area contributed by atoms with E-state index in [2.05, 4.69) is 21.5 Å². The first-order valence-corrected chi connectivity index (χ1v) is 6.67. The standard InChI is InChI=1S/C13H16ClN3/c1-13(6-3-7-13)17-11(5-8-14)16-10-4-2-9-15-12(10)17/h2,4,9H,3,5-8H2,1H3. The van der Waals surface area contributed by atoms with Crippen LogP contribution in [0.25, 0.3) is 11.2 Å². The Morgan fingerprint density at radius 1 is 1.47 bits per heavy atom. The molecule has 2 aromatic heterocycles. The van der Waals surface area contributed by atoms with Crippen molar-refractivity contribution in [3.8, 4) is 0 Å². The van der Waals surface area contributed by atoms with Gasteiger partial charge < -0.3 is 4.57 Å². The highest BCUT2D eigenvalue weighted by Gasteiger charge is 2.36. The van der Waals surface area contributed by atoms with Crippen molar-refractivity contribution in [2.45, 2.75) is 38.1 Å². The zero-order chi connectivity index (χ0) is 11.9. The van der Waals surface area contributed by atoms with Crippen molar-refractivity contribution in [1.29, 1.82) is 0 Å². The normalized spacial score (nSPS) is 18.2. The van der Waals surface area contributed by atoms with Crippen molar-refractivity contribution in [3.63, 3.8) is 0 Å². The van der Waals surface area contributed by atoms with Gasteiger partial charge in [0.05, 0.1) is 0 Å². The number of aryl methyl sites for hydroxylation is 1. The summed E-state index contributed by atoms with van der Waals surface area (Å²) in [6, 6.07) is 3.96. The number of hydrogen-bond acceptors (Lipinski definition) is 2. The lowest BCUT2D eigenvalue weighted by molar-refractivity contribution is 0.169. The number of nitrogens with zero attached hydrogens (tertiary/aromatic N) is 3. The van der Waals surface area contributed by atoms with Crippen LogP contribution in [0.4, 0.5) is 0 Å². The van der Waals surface area contributed by atoms with Gasteiger partial charge in [-0.25, -0.2) is 9.97 Å². The van der Waals surface area contributed by atoms with E-state index in [1.54, 1.807) is 0 Å². The Kier molecular flexibility index (Phi) is 2.58. The second-order valence-corrected chi connectivity index (χ2v) is 5.38. The number of pyridine rings is 1. The molecule has 0 N–H and O–H groups in total. The lowest BCUT2D eigenvalue weighted by Gasteiger charge is -2.41. The lowest BCUT2D eigenvalue weighted by atomic mass is 9.78. The molecular formula is C13H16ClN3. The van der Waals surface area contributed by atoms with E-state index in [0.29, 0.717) is 5.88 Å². The Morgan fingerprint density at radius 3 is 2.94 bits per heavy atom. The van der Waals surface area contributed by atoms with Crippen molar-refractivity contribution in [2.24, 2.45) is 0 Å². The Balaban J connectivity index is 2.21. The third kappa shape index (κ3) is 1.64. The number of imidazole rings is 1. The van der Waals surface area contributed by atoms with Gasteiger partial charge in [-0.15, -0.1) is 11.6 Å². The van der Waals surface area contributed by atoms with Crippen LogP contribution >= 0.6 is 11.6 Å². The minimum absolute atomic E-state index is 0.199. The average molecular weight is 250 g/mol. The summed E-state index contributed by atoms with van der Waals surface area (Å²) in [5, 5.41) is 0. The van der Waals surface area contributed by atoms with Gasteiger partial charge in [-0.2, -0.15) is 0 Å². The number of rotatable bonds is 3. The topological polar surface area (TPSA) is 30.7 Å². The largest absolute Gasteiger partial charge is 0.307 e. The summed E-state index contributed by atoms with van der Waals surface area (Å²) in [5.41, 5.74) is 2.19. The maximum absolute atomic E-state index is 5.87. The molecule has 1 aliphatic rings. The zero-order valence-corrected chi connectivity index (χ0v) is 10.7. The molecular weight excluding hydrogens is 234 g/mol. The molecule has 1 saturated carbocycles. The van der Waals surface area contributed by atoms with E-state index in [9.17, 15) is 0 Å². The van der Waals surface area contributed by atoms with E-state index in [4.69, 9.17) is 11.6 Å². The van der Waals surface area contributed by atoms with Crippen LogP contribution in [0, 0.1) is 0 Å². The monoisotopic (exact) mass is 249 g/mol. The van der Waals surface area contributed by atoms with E-state index >= 15 is 0 Å². The SMILES string of the molecule is CC1(n2c(CCCl)nc3cccnc32)CCC1. The summed E-state index contributed by atoms with van der Waals surface area (Å²) in [7, 11) is 0. The molecule has 2 heterocycles. The summed E-state index contributed by atoms with van der Waals surface area (Å²) >= 11 is 5.87. The zero-order valence-electron chi connectivity index (χ0n) is 9.99. The highest BCUT2D eigenvalue weighted by Crippen LogP contribution is 2.41. The van der Waals surface area contributed by atoms with Crippen molar-refractivity contribution in [3.05, 3.63) is 24.2 Å². The quantitative estimate of drug-likeness (QED) is 0.783. The van der Waals surface area contributed by atoms with Crippen LogP contribution in [0.2, 0.25) is 0 Å². The van der Waals surface area contributed by atoms with Gasteiger partial charge in [0.25, 0.3) is 0 Å². The van der Waals surface area contributed by atoms with Crippen LogP contribution in [0.1, 0.15) is 32.0 Å². The minimum Gasteiger partial charge on any atom is -0.307 e. The van der Waals surface area contributed by atoms with E-state index in [-0.39, 0.29) is 5.54 Å². The number of aromatic nitrogens is 3. The first-order chi connectivity index (χ1) is 8.24. The van der Waals surface area contributed by atoms with Gasteiger partial charge in [-0.3, -0.25) is 0 Å². The van der Waals surface area contributed by atoms with Gasteiger partial charge in [0.2, 0.25) is 0 Å². The average Bonchev–Trinajstić information content (AvgIpc) is 2.65.